The highest BCUT2D eigenvalue weighted by atomic mass is 16.2. The summed E-state index contributed by atoms with van der Waals surface area (Å²) in [6.45, 7) is 3.79. The summed E-state index contributed by atoms with van der Waals surface area (Å²) >= 11 is 0. The summed E-state index contributed by atoms with van der Waals surface area (Å²) in [6, 6.07) is 0. The van der Waals surface area contributed by atoms with E-state index >= 15 is 0 Å². The van der Waals surface area contributed by atoms with E-state index in [4.69, 9.17) is 0 Å². The van der Waals surface area contributed by atoms with Crippen molar-refractivity contribution < 1.29 is 9.59 Å². The molecule has 2 amide bonds. The molecule has 3 aliphatic rings. The number of rotatable bonds is 1. The minimum atomic E-state index is 0.00127. The van der Waals surface area contributed by atoms with Crippen LogP contribution in [0, 0.1) is 11.8 Å². The predicted octanol–water partition coefficient (Wildman–Crippen LogP) is 1.30. The van der Waals surface area contributed by atoms with Gasteiger partial charge in [0, 0.05) is 31.0 Å². The van der Waals surface area contributed by atoms with Gasteiger partial charge < -0.3 is 10.2 Å². The Morgan fingerprint density at radius 1 is 1.33 bits per heavy atom. The quantitative estimate of drug-likeness (QED) is 0.762. The highest BCUT2D eigenvalue weighted by molar-refractivity contribution is 5.82. The third kappa shape index (κ3) is 2.13. The lowest BCUT2D eigenvalue weighted by molar-refractivity contribution is -0.135. The molecule has 0 bridgehead atoms. The van der Waals surface area contributed by atoms with Crippen LogP contribution in [0.25, 0.3) is 0 Å². The van der Waals surface area contributed by atoms with E-state index in [2.05, 4.69) is 12.2 Å². The molecule has 0 aromatic carbocycles. The molecule has 4 heteroatoms. The number of likely N-dealkylation sites (tertiary alicyclic amines) is 1. The summed E-state index contributed by atoms with van der Waals surface area (Å²) in [6.07, 6.45) is 5.69. The summed E-state index contributed by atoms with van der Waals surface area (Å²) in [5.41, 5.74) is 0.00127. The zero-order valence-electron chi connectivity index (χ0n) is 11.1. The van der Waals surface area contributed by atoms with Crippen LogP contribution < -0.4 is 5.32 Å². The van der Waals surface area contributed by atoms with Crippen molar-refractivity contribution in [3.63, 3.8) is 0 Å². The smallest absolute Gasteiger partial charge is 0.225 e. The number of nitrogens with one attached hydrogen (secondary N) is 1. The van der Waals surface area contributed by atoms with E-state index < -0.39 is 0 Å². The van der Waals surface area contributed by atoms with Gasteiger partial charge in [0.1, 0.15) is 0 Å². The Labute approximate surface area is 108 Å². The first-order valence-electron chi connectivity index (χ1n) is 7.19. The molecule has 0 radical (unpaired) electrons. The van der Waals surface area contributed by atoms with E-state index in [9.17, 15) is 9.59 Å². The highest BCUT2D eigenvalue weighted by Crippen LogP contribution is 2.40. The first-order chi connectivity index (χ1) is 8.60. The molecule has 1 aliphatic carbocycles. The zero-order valence-corrected chi connectivity index (χ0v) is 11.1. The fourth-order valence-corrected chi connectivity index (χ4v) is 3.44. The lowest BCUT2D eigenvalue weighted by Crippen LogP contribution is -2.58. The maximum absolute atomic E-state index is 12.1. The molecule has 18 heavy (non-hydrogen) atoms. The second kappa shape index (κ2) is 4.25. The molecular weight excluding hydrogens is 228 g/mol. The van der Waals surface area contributed by atoms with E-state index in [-0.39, 0.29) is 11.4 Å². The van der Waals surface area contributed by atoms with Crippen molar-refractivity contribution in [1.82, 2.24) is 10.2 Å². The van der Waals surface area contributed by atoms with Gasteiger partial charge in [0.2, 0.25) is 11.8 Å². The number of nitrogens with zero attached hydrogens (tertiary/aromatic N) is 1. The Morgan fingerprint density at radius 3 is 2.56 bits per heavy atom. The van der Waals surface area contributed by atoms with E-state index in [1.165, 1.54) is 0 Å². The monoisotopic (exact) mass is 250 g/mol. The van der Waals surface area contributed by atoms with Gasteiger partial charge in [-0.2, -0.15) is 0 Å². The standard InChI is InChI=1S/C14H22N2O2/c1-10-9-11(10)13(18)16-7-5-14(6-8-16)4-2-3-12(17)15-14/h10-11H,2-9H2,1H3,(H,15,17)/t10-,11-/m0/s1. The fourth-order valence-electron chi connectivity index (χ4n) is 3.44. The second-order valence-electron chi connectivity index (χ2n) is 6.33. The number of hydrogen-bond donors (Lipinski definition) is 1. The highest BCUT2D eigenvalue weighted by Gasteiger charge is 2.44. The van der Waals surface area contributed by atoms with Crippen LogP contribution in [0.2, 0.25) is 0 Å². The molecule has 0 aromatic rings. The molecule has 3 rings (SSSR count). The van der Waals surface area contributed by atoms with Crippen LogP contribution in [0.15, 0.2) is 0 Å². The molecule has 4 nitrogen and oxygen atoms in total. The van der Waals surface area contributed by atoms with E-state index in [0.717, 1.165) is 45.2 Å². The minimum Gasteiger partial charge on any atom is -0.351 e. The summed E-state index contributed by atoms with van der Waals surface area (Å²) in [5.74, 6) is 1.42. The van der Waals surface area contributed by atoms with Crippen LogP contribution in [-0.4, -0.2) is 35.3 Å². The number of carbonyl (C=O) groups excluding carboxylic acids is 2. The SMILES string of the molecule is C[C@H]1C[C@@H]1C(=O)N1CCC2(CCCC(=O)N2)CC1. The van der Waals surface area contributed by atoms with Crippen LogP contribution in [0.3, 0.4) is 0 Å². The molecule has 2 aliphatic heterocycles. The summed E-state index contributed by atoms with van der Waals surface area (Å²) in [7, 11) is 0. The summed E-state index contributed by atoms with van der Waals surface area (Å²) in [4.78, 5) is 25.7. The average Bonchev–Trinajstić information content (AvgIpc) is 3.06. The molecule has 3 fully saturated rings. The van der Waals surface area contributed by atoms with Gasteiger partial charge in [0.25, 0.3) is 0 Å². The van der Waals surface area contributed by atoms with Gasteiger partial charge >= 0.3 is 0 Å². The molecule has 2 atom stereocenters. The third-order valence-electron chi connectivity index (χ3n) is 4.92. The third-order valence-corrected chi connectivity index (χ3v) is 4.92. The first-order valence-corrected chi connectivity index (χ1v) is 7.19. The number of amides is 2. The van der Waals surface area contributed by atoms with Gasteiger partial charge in [-0.1, -0.05) is 6.92 Å². The molecule has 2 heterocycles. The van der Waals surface area contributed by atoms with Gasteiger partial charge in [-0.15, -0.1) is 0 Å². The topological polar surface area (TPSA) is 49.4 Å². The lowest BCUT2D eigenvalue weighted by Gasteiger charge is -2.44. The zero-order chi connectivity index (χ0) is 12.8. The van der Waals surface area contributed by atoms with Gasteiger partial charge in [-0.25, -0.2) is 0 Å². The summed E-state index contributed by atoms with van der Waals surface area (Å²) < 4.78 is 0. The van der Waals surface area contributed by atoms with Crippen molar-refractivity contribution in [3.05, 3.63) is 0 Å². The van der Waals surface area contributed by atoms with Gasteiger partial charge in [0.15, 0.2) is 0 Å². The fraction of sp³-hybridized carbons (Fsp3) is 0.857. The molecule has 1 spiro atoms. The van der Waals surface area contributed by atoms with Crippen molar-refractivity contribution in [1.29, 1.82) is 0 Å². The van der Waals surface area contributed by atoms with Crippen LogP contribution in [0.1, 0.15) is 45.4 Å². The Balaban J connectivity index is 1.57. The second-order valence-corrected chi connectivity index (χ2v) is 6.33. The maximum Gasteiger partial charge on any atom is 0.225 e. The molecule has 1 saturated carbocycles. The number of hydrogen-bond acceptors (Lipinski definition) is 2. The number of piperidine rings is 2. The van der Waals surface area contributed by atoms with Gasteiger partial charge in [0.05, 0.1) is 0 Å². The normalized spacial score (nSPS) is 34.3. The van der Waals surface area contributed by atoms with Gasteiger partial charge in [-0.3, -0.25) is 9.59 Å². The van der Waals surface area contributed by atoms with E-state index in [0.29, 0.717) is 24.2 Å². The lowest BCUT2D eigenvalue weighted by atomic mass is 9.80. The van der Waals surface area contributed by atoms with Crippen molar-refractivity contribution in [2.75, 3.05) is 13.1 Å². The average molecular weight is 250 g/mol. The van der Waals surface area contributed by atoms with Crippen molar-refractivity contribution >= 4 is 11.8 Å². The first kappa shape index (κ1) is 12.0. The molecule has 0 unspecified atom stereocenters. The predicted molar refractivity (Wildman–Crippen MR) is 67.8 cm³/mol. The molecule has 2 saturated heterocycles. The Kier molecular flexibility index (Phi) is 2.83. The van der Waals surface area contributed by atoms with Crippen LogP contribution in [0.5, 0.6) is 0 Å². The molecule has 1 N–H and O–H groups in total. The maximum atomic E-state index is 12.1. The minimum absolute atomic E-state index is 0.00127. The van der Waals surface area contributed by atoms with E-state index in [1.54, 1.807) is 0 Å². The van der Waals surface area contributed by atoms with Gasteiger partial charge in [-0.05, 0) is 38.0 Å². The van der Waals surface area contributed by atoms with Crippen molar-refractivity contribution in [2.45, 2.75) is 51.0 Å². The Morgan fingerprint density at radius 2 is 2.00 bits per heavy atom. The van der Waals surface area contributed by atoms with Crippen LogP contribution >= 0.6 is 0 Å². The van der Waals surface area contributed by atoms with Crippen LogP contribution in [0.4, 0.5) is 0 Å². The largest absolute Gasteiger partial charge is 0.351 e. The Bertz CT molecular complexity index is 372. The van der Waals surface area contributed by atoms with E-state index in [1.807, 2.05) is 4.90 Å². The molecular formula is C14H22N2O2. The van der Waals surface area contributed by atoms with Crippen LogP contribution in [-0.2, 0) is 9.59 Å². The van der Waals surface area contributed by atoms with Crippen molar-refractivity contribution in [3.8, 4) is 0 Å². The van der Waals surface area contributed by atoms with Crippen molar-refractivity contribution in [2.24, 2.45) is 11.8 Å². The molecule has 0 aromatic heterocycles. The Hall–Kier alpha value is -1.06. The molecule has 100 valence electrons. The summed E-state index contributed by atoms with van der Waals surface area (Å²) in [5, 5.41) is 3.17. The number of carbonyl (C=O) groups is 2.